The van der Waals surface area contributed by atoms with Gasteiger partial charge < -0.3 is 14.6 Å². The average molecular weight is 315 g/mol. The number of hydrogen-bond acceptors (Lipinski definition) is 5. The summed E-state index contributed by atoms with van der Waals surface area (Å²) in [6.45, 7) is 2.54. The number of carbonyl (C=O) groups is 1. The summed E-state index contributed by atoms with van der Waals surface area (Å²) in [5.41, 5.74) is 0. The van der Waals surface area contributed by atoms with Gasteiger partial charge in [0.1, 0.15) is 19.3 Å². The third-order valence-electron chi connectivity index (χ3n) is 3.00. The van der Waals surface area contributed by atoms with Crippen molar-refractivity contribution in [3.8, 4) is 11.5 Å². The molecule has 0 spiro atoms. The molecule has 7 nitrogen and oxygen atoms in total. The average Bonchev–Trinajstić information content (AvgIpc) is 2.46. The smallest absolute Gasteiger partial charge is 0.321 e. The lowest BCUT2D eigenvalue weighted by atomic mass is 10.2. The van der Waals surface area contributed by atoms with Gasteiger partial charge in [0, 0.05) is 6.07 Å². The van der Waals surface area contributed by atoms with Crippen LogP contribution in [0.15, 0.2) is 23.1 Å². The Balaban J connectivity index is 2.24. The third-order valence-corrected chi connectivity index (χ3v) is 4.47. The molecule has 1 heterocycles. The third kappa shape index (κ3) is 3.64. The first-order valence-corrected chi connectivity index (χ1v) is 8.07. The summed E-state index contributed by atoms with van der Waals surface area (Å²) in [5, 5.41) is 9.04. The minimum Gasteiger partial charge on any atom is -0.486 e. The van der Waals surface area contributed by atoms with E-state index in [-0.39, 0.29) is 11.3 Å². The van der Waals surface area contributed by atoms with Crippen LogP contribution in [-0.2, 0) is 14.8 Å². The largest absolute Gasteiger partial charge is 0.486 e. The van der Waals surface area contributed by atoms with Crippen LogP contribution in [0, 0.1) is 0 Å². The highest BCUT2D eigenvalue weighted by Gasteiger charge is 2.26. The summed E-state index contributed by atoms with van der Waals surface area (Å²) in [6.07, 6.45) is 0.778. The molecule has 0 aromatic heterocycles. The van der Waals surface area contributed by atoms with Gasteiger partial charge in [-0.25, -0.2) is 8.42 Å². The summed E-state index contributed by atoms with van der Waals surface area (Å²) in [5.74, 6) is -0.381. The van der Waals surface area contributed by atoms with Gasteiger partial charge in [0.15, 0.2) is 11.5 Å². The van der Waals surface area contributed by atoms with E-state index < -0.39 is 22.0 Å². The highest BCUT2D eigenvalue weighted by Crippen LogP contribution is 2.32. The van der Waals surface area contributed by atoms with Crippen molar-refractivity contribution >= 4 is 16.0 Å². The fourth-order valence-corrected chi connectivity index (χ4v) is 3.21. The highest BCUT2D eigenvalue weighted by molar-refractivity contribution is 7.89. The Bertz CT molecular complexity index is 628. The first-order valence-electron chi connectivity index (χ1n) is 6.59. The van der Waals surface area contributed by atoms with E-state index in [2.05, 4.69) is 4.72 Å². The molecule has 1 aromatic rings. The van der Waals surface area contributed by atoms with Gasteiger partial charge in [-0.05, 0) is 18.6 Å². The molecule has 2 N–H and O–H groups in total. The normalized spacial score (nSPS) is 15.5. The standard InChI is InChI=1S/C13H17NO6S/c1-2-3-10(13(15)16)14-21(17,18)9-4-5-11-12(8-9)20-7-6-19-11/h4-5,8,10,14H,2-3,6-7H2,1H3,(H,15,16)/t10-/m0/s1. The number of fused-ring (bicyclic) bond motifs is 1. The molecule has 1 atom stereocenters. The predicted octanol–water partition coefficient (Wildman–Crippen LogP) is 0.989. The van der Waals surface area contributed by atoms with E-state index in [1.54, 1.807) is 6.92 Å². The summed E-state index contributed by atoms with van der Waals surface area (Å²) in [6, 6.07) is 3.05. The second-order valence-corrected chi connectivity index (χ2v) is 6.32. The highest BCUT2D eigenvalue weighted by atomic mass is 32.2. The topological polar surface area (TPSA) is 102 Å². The number of carboxylic acid groups (broad SMARTS) is 1. The Morgan fingerprint density at radius 2 is 2.00 bits per heavy atom. The Kier molecular flexibility index (Phi) is 4.69. The van der Waals surface area contributed by atoms with Crippen molar-refractivity contribution in [1.82, 2.24) is 4.72 Å². The van der Waals surface area contributed by atoms with Crippen molar-refractivity contribution in [3.05, 3.63) is 18.2 Å². The van der Waals surface area contributed by atoms with Crippen molar-refractivity contribution in [2.24, 2.45) is 0 Å². The zero-order chi connectivity index (χ0) is 15.5. The monoisotopic (exact) mass is 315 g/mol. The van der Waals surface area contributed by atoms with Crippen LogP contribution in [0.3, 0.4) is 0 Å². The second kappa shape index (κ2) is 6.31. The van der Waals surface area contributed by atoms with E-state index in [9.17, 15) is 13.2 Å². The van der Waals surface area contributed by atoms with Crippen LogP contribution in [0.5, 0.6) is 11.5 Å². The quantitative estimate of drug-likeness (QED) is 0.811. The van der Waals surface area contributed by atoms with Gasteiger partial charge in [-0.2, -0.15) is 4.72 Å². The molecular formula is C13H17NO6S. The molecule has 1 aromatic carbocycles. The SMILES string of the molecule is CCC[C@H](NS(=O)(=O)c1ccc2c(c1)OCCO2)C(=O)O. The summed E-state index contributed by atoms with van der Waals surface area (Å²) < 4.78 is 37.3. The van der Waals surface area contributed by atoms with Gasteiger partial charge in [0.25, 0.3) is 0 Å². The van der Waals surface area contributed by atoms with Crippen LogP contribution < -0.4 is 14.2 Å². The van der Waals surface area contributed by atoms with Crippen LogP contribution in [0.4, 0.5) is 0 Å². The molecular weight excluding hydrogens is 298 g/mol. The maximum atomic E-state index is 12.2. The molecule has 0 aliphatic carbocycles. The van der Waals surface area contributed by atoms with Crippen LogP contribution >= 0.6 is 0 Å². The van der Waals surface area contributed by atoms with Gasteiger partial charge >= 0.3 is 5.97 Å². The summed E-state index contributed by atoms with van der Waals surface area (Å²) in [4.78, 5) is 11.0. The minimum atomic E-state index is -3.93. The van der Waals surface area contributed by atoms with Gasteiger partial charge in [-0.1, -0.05) is 13.3 Å². The first kappa shape index (κ1) is 15.6. The number of rotatable bonds is 6. The number of nitrogens with one attached hydrogen (secondary N) is 1. The molecule has 2 rings (SSSR count). The van der Waals surface area contributed by atoms with E-state index in [0.29, 0.717) is 31.1 Å². The van der Waals surface area contributed by atoms with Crippen molar-refractivity contribution in [1.29, 1.82) is 0 Å². The van der Waals surface area contributed by atoms with Gasteiger partial charge in [0.2, 0.25) is 10.0 Å². The molecule has 0 saturated carbocycles. The van der Waals surface area contributed by atoms with Crippen molar-refractivity contribution in [2.45, 2.75) is 30.7 Å². The van der Waals surface area contributed by atoms with Crippen molar-refractivity contribution < 1.29 is 27.8 Å². The van der Waals surface area contributed by atoms with Crippen molar-refractivity contribution in [3.63, 3.8) is 0 Å². The van der Waals surface area contributed by atoms with E-state index in [4.69, 9.17) is 14.6 Å². The van der Waals surface area contributed by atoms with Crippen LogP contribution in [0.1, 0.15) is 19.8 Å². The zero-order valence-corrected chi connectivity index (χ0v) is 12.4. The van der Waals surface area contributed by atoms with Crippen LogP contribution in [0.25, 0.3) is 0 Å². The van der Waals surface area contributed by atoms with E-state index >= 15 is 0 Å². The maximum absolute atomic E-state index is 12.2. The van der Waals surface area contributed by atoms with Crippen LogP contribution in [-0.4, -0.2) is 38.7 Å². The van der Waals surface area contributed by atoms with Crippen molar-refractivity contribution in [2.75, 3.05) is 13.2 Å². The number of sulfonamides is 1. The first-order chi connectivity index (χ1) is 9.94. The Morgan fingerprint density at radius 1 is 1.33 bits per heavy atom. The van der Waals surface area contributed by atoms with E-state index in [1.165, 1.54) is 18.2 Å². The number of aliphatic carboxylic acids is 1. The van der Waals surface area contributed by atoms with E-state index in [0.717, 1.165) is 0 Å². The van der Waals surface area contributed by atoms with Gasteiger partial charge in [-0.15, -0.1) is 0 Å². The summed E-state index contributed by atoms with van der Waals surface area (Å²) >= 11 is 0. The molecule has 0 bridgehead atoms. The molecule has 0 amide bonds. The van der Waals surface area contributed by atoms with E-state index in [1.807, 2.05) is 0 Å². The molecule has 1 aliphatic rings. The fraction of sp³-hybridized carbons (Fsp3) is 0.462. The minimum absolute atomic E-state index is 0.0471. The number of carboxylic acids is 1. The molecule has 21 heavy (non-hydrogen) atoms. The summed E-state index contributed by atoms with van der Waals surface area (Å²) in [7, 11) is -3.93. The molecule has 1 aliphatic heterocycles. The van der Waals surface area contributed by atoms with Gasteiger partial charge in [0.05, 0.1) is 4.90 Å². The Morgan fingerprint density at radius 3 is 2.62 bits per heavy atom. The Labute approximate surface area is 122 Å². The zero-order valence-electron chi connectivity index (χ0n) is 11.5. The lowest BCUT2D eigenvalue weighted by molar-refractivity contribution is -0.139. The number of ether oxygens (including phenoxy) is 2. The predicted molar refractivity (Wildman–Crippen MR) is 74.1 cm³/mol. The molecule has 0 fully saturated rings. The lowest BCUT2D eigenvalue weighted by Crippen LogP contribution is -2.40. The lowest BCUT2D eigenvalue weighted by Gasteiger charge is -2.19. The second-order valence-electron chi connectivity index (χ2n) is 4.61. The molecule has 0 radical (unpaired) electrons. The van der Waals surface area contributed by atoms with Crippen LogP contribution in [0.2, 0.25) is 0 Å². The number of hydrogen-bond donors (Lipinski definition) is 2. The molecule has 0 saturated heterocycles. The Hall–Kier alpha value is -1.80. The fourth-order valence-electron chi connectivity index (χ4n) is 1.97. The number of benzene rings is 1. The molecule has 8 heteroatoms. The maximum Gasteiger partial charge on any atom is 0.321 e. The molecule has 0 unspecified atom stereocenters. The molecule has 116 valence electrons. The van der Waals surface area contributed by atoms with Gasteiger partial charge in [-0.3, -0.25) is 4.79 Å².